The van der Waals surface area contributed by atoms with E-state index in [4.69, 9.17) is 9.15 Å². The van der Waals surface area contributed by atoms with Gasteiger partial charge >= 0.3 is 5.63 Å². The van der Waals surface area contributed by atoms with Crippen LogP contribution in [0.2, 0.25) is 0 Å². The Morgan fingerprint density at radius 3 is 2.71 bits per heavy atom. The van der Waals surface area contributed by atoms with E-state index in [1.807, 2.05) is 0 Å². The molecule has 0 saturated carbocycles. The van der Waals surface area contributed by atoms with Gasteiger partial charge < -0.3 is 9.15 Å². The molecule has 0 radical (unpaired) electrons. The van der Waals surface area contributed by atoms with Crippen molar-refractivity contribution < 1.29 is 13.9 Å². The molecule has 1 aromatic heterocycles. The molecule has 0 amide bonds. The number of methoxy groups -OCH3 is 1. The van der Waals surface area contributed by atoms with Crippen LogP contribution in [-0.2, 0) is 0 Å². The van der Waals surface area contributed by atoms with Crippen molar-refractivity contribution in [3.8, 4) is 5.75 Å². The van der Waals surface area contributed by atoms with Crippen molar-refractivity contribution in [2.24, 2.45) is 0 Å². The van der Waals surface area contributed by atoms with Gasteiger partial charge in [-0.2, -0.15) is 0 Å². The molecule has 1 aromatic rings. The lowest BCUT2D eigenvalue weighted by molar-refractivity contribution is 0.0980. The molecule has 0 aliphatic rings. The summed E-state index contributed by atoms with van der Waals surface area (Å²) in [6, 6.07) is 1.53. The summed E-state index contributed by atoms with van der Waals surface area (Å²) in [6.07, 6.45) is 0.254. The predicted octanol–water partition coefficient (Wildman–Crippen LogP) is 1.55. The predicted molar refractivity (Wildman–Crippen MR) is 50.9 cm³/mol. The van der Waals surface area contributed by atoms with Gasteiger partial charge in [-0.1, -0.05) is 6.92 Å². The van der Waals surface area contributed by atoms with Crippen molar-refractivity contribution in [1.82, 2.24) is 0 Å². The molecule has 4 nitrogen and oxygen atoms in total. The van der Waals surface area contributed by atoms with E-state index in [1.54, 1.807) is 13.8 Å². The van der Waals surface area contributed by atoms with Gasteiger partial charge in [-0.25, -0.2) is 4.79 Å². The Hall–Kier alpha value is -1.58. The SMILES string of the molecule is CCC(=O)c1c(OC)cc(C)oc1=O. The molecule has 1 heterocycles. The molecule has 0 N–H and O–H groups in total. The molecule has 0 unspecified atom stereocenters. The first kappa shape index (κ1) is 10.5. The second kappa shape index (κ2) is 4.09. The minimum atomic E-state index is -0.631. The van der Waals surface area contributed by atoms with Crippen molar-refractivity contribution in [2.75, 3.05) is 7.11 Å². The van der Waals surface area contributed by atoms with E-state index in [0.717, 1.165) is 0 Å². The van der Waals surface area contributed by atoms with Crippen LogP contribution < -0.4 is 10.4 Å². The largest absolute Gasteiger partial charge is 0.496 e. The maximum absolute atomic E-state index is 11.4. The fraction of sp³-hybridized carbons (Fsp3) is 0.400. The number of hydrogen-bond donors (Lipinski definition) is 0. The summed E-state index contributed by atoms with van der Waals surface area (Å²) in [7, 11) is 1.42. The Morgan fingerprint density at radius 2 is 2.21 bits per heavy atom. The Labute approximate surface area is 81.5 Å². The summed E-state index contributed by atoms with van der Waals surface area (Å²) < 4.78 is 9.77. The van der Waals surface area contributed by atoms with Crippen LogP contribution in [0.1, 0.15) is 29.5 Å². The molecule has 0 spiro atoms. The number of carbonyl (C=O) groups is 1. The minimum absolute atomic E-state index is 0.000556. The average Bonchev–Trinajstić information content (AvgIpc) is 2.15. The van der Waals surface area contributed by atoms with Gasteiger partial charge in [-0.3, -0.25) is 4.79 Å². The fourth-order valence-corrected chi connectivity index (χ4v) is 1.17. The highest BCUT2D eigenvalue weighted by molar-refractivity contribution is 5.97. The number of rotatable bonds is 3. The van der Waals surface area contributed by atoms with Gasteiger partial charge in [-0.15, -0.1) is 0 Å². The average molecular weight is 196 g/mol. The molecule has 76 valence electrons. The van der Waals surface area contributed by atoms with E-state index in [1.165, 1.54) is 13.2 Å². The third-order valence-electron chi connectivity index (χ3n) is 1.86. The van der Waals surface area contributed by atoms with E-state index in [9.17, 15) is 9.59 Å². The first-order valence-electron chi connectivity index (χ1n) is 4.32. The number of aryl methyl sites for hydroxylation is 1. The van der Waals surface area contributed by atoms with Crippen LogP contribution in [0, 0.1) is 6.92 Å². The molecule has 0 aliphatic carbocycles. The van der Waals surface area contributed by atoms with Crippen molar-refractivity contribution in [3.63, 3.8) is 0 Å². The summed E-state index contributed by atoms with van der Waals surface area (Å²) in [5.74, 6) is 0.445. The minimum Gasteiger partial charge on any atom is -0.496 e. The summed E-state index contributed by atoms with van der Waals surface area (Å²) in [4.78, 5) is 22.7. The monoisotopic (exact) mass is 196 g/mol. The molecular weight excluding hydrogens is 184 g/mol. The summed E-state index contributed by atoms with van der Waals surface area (Å²) in [5, 5.41) is 0. The third kappa shape index (κ3) is 1.84. The molecule has 0 bridgehead atoms. The first-order valence-corrected chi connectivity index (χ1v) is 4.32. The Kier molecular flexibility index (Phi) is 3.06. The van der Waals surface area contributed by atoms with E-state index in [2.05, 4.69) is 0 Å². The first-order chi connectivity index (χ1) is 6.60. The molecular formula is C10H12O4. The molecule has 1 rings (SSSR count). The van der Waals surface area contributed by atoms with Crippen molar-refractivity contribution in [3.05, 3.63) is 27.8 Å². The van der Waals surface area contributed by atoms with E-state index < -0.39 is 5.63 Å². The van der Waals surface area contributed by atoms with Gasteiger partial charge in [0.2, 0.25) is 0 Å². The molecule has 0 atom stereocenters. The fourth-order valence-electron chi connectivity index (χ4n) is 1.17. The lowest BCUT2D eigenvalue weighted by Gasteiger charge is -2.05. The highest BCUT2D eigenvalue weighted by Crippen LogP contribution is 2.17. The Balaban J connectivity index is 3.40. The van der Waals surface area contributed by atoms with Crippen molar-refractivity contribution in [1.29, 1.82) is 0 Å². The third-order valence-corrected chi connectivity index (χ3v) is 1.86. The lowest BCUT2D eigenvalue weighted by Crippen LogP contribution is -2.15. The normalized spacial score (nSPS) is 9.93. The summed E-state index contributed by atoms with van der Waals surface area (Å²) in [5.41, 5.74) is -0.630. The zero-order valence-electron chi connectivity index (χ0n) is 8.42. The number of ketones is 1. The lowest BCUT2D eigenvalue weighted by atomic mass is 10.1. The summed E-state index contributed by atoms with van der Waals surface area (Å²) in [6.45, 7) is 3.31. The number of carbonyl (C=O) groups excluding carboxylic acids is 1. The standard InChI is InChI=1S/C10H12O4/c1-4-7(11)9-8(13-3)5-6(2)14-10(9)12/h5H,4H2,1-3H3. The van der Waals surface area contributed by atoms with Crippen LogP contribution in [0.4, 0.5) is 0 Å². The zero-order chi connectivity index (χ0) is 10.7. The van der Waals surface area contributed by atoms with Crippen LogP contribution in [-0.4, -0.2) is 12.9 Å². The summed E-state index contributed by atoms with van der Waals surface area (Å²) >= 11 is 0. The zero-order valence-corrected chi connectivity index (χ0v) is 8.42. The molecule has 14 heavy (non-hydrogen) atoms. The molecule has 4 heteroatoms. The maximum atomic E-state index is 11.4. The highest BCUT2D eigenvalue weighted by atomic mass is 16.5. The number of hydrogen-bond acceptors (Lipinski definition) is 4. The molecule has 0 aromatic carbocycles. The van der Waals surface area contributed by atoms with Crippen LogP contribution in [0.3, 0.4) is 0 Å². The van der Waals surface area contributed by atoms with Crippen LogP contribution >= 0.6 is 0 Å². The Bertz CT molecular complexity index is 403. The Morgan fingerprint density at radius 1 is 1.57 bits per heavy atom. The molecule has 0 fully saturated rings. The van der Waals surface area contributed by atoms with Crippen LogP contribution in [0.15, 0.2) is 15.3 Å². The van der Waals surface area contributed by atoms with E-state index >= 15 is 0 Å². The molecule has 0 aliphatic heterocycles. The second-order valence-corrected chi connectivity index (χ2v) is 2.86. The van der Waals surface area contributed by atoms with Crippen molar-refractivity contribution in [2.45, 2.75) is 20.3 Å². The van der Waals surface area contributed by atoms with Crippen molar-refractivity contribution >= 4 is 5.78 Å². The van der Waals surface area contributed by atoms with Gasteiger partial charge in [0.25, 0.3) is 0 Å². The number of Topliss-reactive ketones (excluding diaryl/α,β-unsaturated/α-hetero) is 1. The molecule has 0 saturated heterocycles. The highest BCUT2D eigenvalue weighted by Gasteiger charge is 2.17. The van der Waals surface area contributed by atoms with Crippen LogP contribution in [0.25, 0.3) is 0 Å². The van der Waals surface area contributed by atoms with Crippen LogP contribution in [0.5, 0.6) is 5.75 Å². The quantitative estimate of drug-likeness (QED) is 0.688. The van der Waals surface area contributed by atoms with Gasteiger partial charge in [0.05, 0.1) is 7.11 Å². The van der Waals surface area contributed by atoms with E-state index in [0.29, 0.717) is 5.76 Å². The smallest absolute Gasteiger partial charge is 0.350 e. The second-order valence-electron chi connectivity index (χ2n) is 2.86. The van der Waals surface area contributed by atoms with E-state index in [-0.39, 0.29) is 23.5 Å². The topological polar surface area (TPSA) is 56.5 Å². The maximum Gasteiger partial charge on any atom is 0.350 e. The van der Waals surface area contributed by atoms with Gasteiger partial charge in [0.15, 0.2) is 5.78 Å². The number of ether oxygens (including phenoxy) is 1. The van der Waals surface area contributed by atoms with Gasteiger partial charge in [-0.05, 0) is 6.92 Å². The van der Waals surface area contributed by atoms with Gasteiger partial charge in [0.1, 0.15) is 17.1 Å². The van der Waals surface area contributed by atoms with Gasteiger partial charge in [0, 0.05) is 12.5 Å².